The first-order valence-electron chi connectivity index (χ1n) is 7.81. The molecule has 1 amide bonds. The standard InChI is InChI=1S/C17H28N2OS/c1-11(2)14-16(20)19(10-12(3)17(4,5)6)15(18-14)13-8-7-9-21-13/h7-9,11-12,14-15,18H,10H2,1-6H3. The summed E-state index contributed by atoms with van der Waals surface area (Å²) in [5, 5.41) is 5.62. The Bertz CT molecular complexity index is 475. The van der Waals surface area contributed by atoms with Gasteiger partial charge in [0.05, 0.1) is 6.04 Å². The number of thiophene rings is 1. The molecule has 1 fully saturated rings. The Balaban J connectivity index is 2.23. The first-order valence-corrected chi connectivity index (χ1v) is 8.69. The molecule has 1 aromatic rings. The summed E-state index contributed by atoms with van der Waals surface area (Å²) in [6.45, 7) is 14.0. The van der Waals surface area contributed by atoms with Crippen LogP contribution in [0.2, 0.25) is 0 Å². The van der Waals surface area contributed by atoms with Crippen molar-refractivity contribution in [1.29, 1.82) is 0 Å². The lowest BCUT2D eigenvalue weighted by molar-refractivity contribution is -0.131. The van der Waals surface area contributed by atoms with Crippen LogP contribution < -0.4 is 5.32 Å². The highest BCUT2D eigenvalue weighted by Crippen LogP contribution is 2.34. The van der Waals surface area contributed by atoms with E-state index in [0.717, 1.165) is 6.54 Å². The van der Waals surface area contributed by atoms with Crippen LogP contribution in [0.3, 0.4) is 0 Å². The number of nitrogens with zero attached hydrogens (tertiary/aromatic N) is 1. The van der Waals surface area contributed by atoms with Crippen molar-refractivity contribution in [1.82, 2.24) is 10.2 Å². The number of rotatable bonds is 4. The van der Waals surface area contributed by atoms with Gasteiger partial charge in [-0.25, -0.2) is 0 Å². The quantitative estimate of drug-likeness (QED) is 0.915. The molecule has 0 aliphatic carbocycles. The summed E-state index contributed by atoms with van der Waals surface area (Å²) < 4.78 is 0. The average Bonchev–Trinajstić information content (AvgIpc) is 2.97. The van der Waals surface area contributed by atoms with Gasteiger partial charge in [0.25, 0.3) is 0 Å². The van der Waals surface area contributed by atoms with Crippen molar-refractivity contribution in [2.75, 3.05) is 6.54 Å². The molecule has 3 nitrogen and oxygen atoms in total. The summed E-state index contributed by atoms with van der Waals surface area (Å²) in [4.78, 5) is 16.1. The zero-order chi connectivity index (χ0) is 15.8. The molecule has 1 aliphatic heterocycles. The predicted molar refractivity (Wildman–Crippen MR) is 89.2 cm³/mol. The molecular formula is C17H28N2OS. The molecule has 3 atom stereocenters. The lowest BCUT2D eigenvalue weighted by Crippen LogP contribution is -2.38. The molecule has 1 saturated heterocycles. The smallest absolute Gasteiger partial charge is 0.241 e. The van der Waals surface area contributed by atoms with Crippen molar-refractivity contribution < 1.29 is 4.79 Å². The molecule has 4 heteroatoms. The van der Waals surface area contributed by atoms with Gasteiger partial charge in [-0.15, -0.1) is 11.3 Å². The van der Waals surface area contributed by atoms with Gasteiger partial charge in [-0.3, -0.25) is 10.1 Å². The molecule has 118 valence electrons. The second kappa shape index (κ2) is 6.09. The van der Waals surface area contributed by atoms with E-state index < -0.39 is 0 Å². The van der Waals surface area contributed by atoms with Crippen molar-refractivity contribution in [3.8, 4) is 0 Å². The number of nitrogens with one attached hydrogen (secondary N) is 1. The van der Waals surface area contributed by atoms with Crippen LogP contribution in [0.1, 0.15) is 52.6 Å². The van der Waals surface area contributed by atoms with Gasteiger partial charge in [0.15, 0.2) is 0 Å². The fourth-order valence-corrected chi connectivity index (χ4v) is 3.36. The van der Waals surface area contributed by atoms with E-state index in [2.05, 4.69) is 64.4 Å². The summed E-state index contributed by atoms with van der Waals surface area (Å²) in [5.41, 5.74) is 0.205. The maximum atomic E-state index is 12.8. The van der Waals surface area contributed by atoms with Crippen molar-refractivity contribution in [2.24, 2.45) is 17.3 Å². The number of amides is 1. The SMILES string of the molecule is CC(C)C1NC(c2cccs2)N(CC(C)C(C)(C)C)C1=O. The fraction of sp³-hybridized carbons (Fsp3) is 0.706. The summed E-state index contributed by atoms with van der Waals surface area (Å²) >= 11 is 1.72. The van der Waals surface area contributed by atoms with E-state index in [1.165, 1.54) is 4.88 Å². The van der Waals surface area contributed by atoms with Gasteiger partial charge in [-0.05, 0) is 28.7 Å². The molecule has 1 N–H and O–H groups in total. The minimum atomic E-state index is -0.0655. The lowest BCUT2D eigenvalue weighted by atomic mass is 9.81. The van der Waals surface area contributed by atoms with Crippen molar-refractivity contribution >= 4 is 17.2 Å². The highest BCUT2D eigenvalue weighted by molar-refractivity contribution is 7.10. The average molecular weight is 308 g/mol. The first kappa shape index (κ1) is 16.5. The van der Waals surface area contributed by atoms with Crippen LogP contribution in [-0.2, 0) is 4.79 Å². The molecular weight excluding hydrogens is 280 g/mol. The Morgan fingerprint density at radius 1 is 1.33 bits per heavy atom. The Kier molecular flexibility index (Phi) is 4.79. The number of hydrogen-bond donors (Lipinski definition) is 1. The van der Waals surface area contributed by atoms with Gasteiger partial charge < -0.3 is 4.90 Å². The molecule has 2 heterocycles. The second-order valence-corrected chi connectivity index (χ2v) is 8.54. The normalized spacial score (nSPS) is 24.9. The van der Waals surface area contributed by atoms with Gasteiger partial charge in [-0.1, -0.05) is 47.6 Å². The maximum absolute atomic E-state index is 12.8. The molecule has 0 saturated carbocycles. The summed E-state index contributed by atoms with van der Waals surface area (Å²) in [6.07, 6.45) is 0.0368. The van der Waals surface area contributed by atoms with E-state index in [4.69, 9.17) is 0 Å². The predicted octanol–water partition coefficient (Wildman–Crippen LogP) is 3.89. The molecule has 0 bridgehead atoms. The molecule has 0 aromatic carbocycles. The van der Waals surface area contributed by atoms with Crippen molar-refractivity contribution in [2.45, 2.75) is 53.8 Å². The summed E-state index contributed by atoms with van der Waals surface area (Å²) in [6, 6.07) is 4.11. The van der Waals surface area contributed by atoms with Crippen LogP contribution in [0.4, 0.5) is 0 Å². The third-order valence-electron chi connectivity index (χ3n) is 4.63. The van der Waals surface area contributed by atoms with Gasteiger partial charge in [0.1, 0.15) is 6.17 Å². The highest BCUT2D eigenvalue weighted by atomic mass is 32.1. The van der Waals surface area contributed by atoms with E-state index >= 15 is 0 Å². The first-order chi connectivity index (χ1) is 9.71. The third kappa shape index (κ3) is 3.49. The van der Waals surface area contributed by atoms with E-state index in [9.17, 15) is 4.79 Å². The van der Waals surface area contributed by atoms with Gasteiger partial charge in [0, 0.05) is 11.4 Å². The Labute approximate surface area is 132 Å². The molecule has 0 radical (unpaired) electrons. The number of carbonyl (C=O) groups is 1. The number of carbonyl (C=O) groups excluding carboxylic acids is 1. The third-order valence-corrected chi connectivity index (χ3v) is 5.55. The van der Waals surface area contributed by atoms with Crippen LogP contribution in [-0.4, -0.2) is 23.4 Å². The second-order valence-electron chi connectivity index (χ2n) is 7.56. The van der Waals surface area contributed by atoms with Gasteiger partial charge in [0.2, 0.25) is 5.91 Å². The minimum absolute atomic E-state index is 0.0368. The van der Waals surface area contributed by atoms with Crippen molar-refractivity contribution in [3.05, 3.63) is 22.4 Å². The topological polar surface area (TPSA) is 32.3 Å². The van der Waals surface area contributed by atoms with E-state index in [1.54, 1.807) is 11.3 Å². The number of hydrogen-bond acceptors (Lipinski definition) is 3. The molecule has 21 heavy (non-hydrogen) atoms. The van der Waals surface area contributed by atoms with Gasteiger partial charge >= 0.3 is 0 Å². The lowest BCUT2D eigenvalue weighted by Gasteiger charge is -2.33. The molecule has 1 aliphatic rings. The zero-order valence-corrected chi connectivity index (χ0v) is 14.8. The van der Waals surface area contributed by atoms with Crippen LogP contribution in [0, 0.1) is 17.3 Å². The molecule has 3 unspecified atom stereocenters. The van der Waals surface area contributed by atoms with E-state index in [1.807, 2.05) is 4.90 Å². The maximum Gasteiger partial charge on any atom is 0.241 e. The highest BCUT2D eigenvalue weighted by Gasteiger charge is 2.42. The summed E-state index contributed by atoms with van der Waals surface area (Å²) in [5.74, 6) is 1.02. The van der Waals surface area contributed by atoms with E-state index in [-0.39, 0.29) is 23.5 Å². The molecule has 1 aromatic heterocycles. The van der Waals surface area contributed by atoms with E-state index in [0.29, 0.717) is 11.8 Å². The zero-order valence-electron chi connectivity index (χ0n) is 14.0. The summed E-state index contributed by atoms with van der Waals surface area (Å²) in [7, 11) is 0. The van der Waals surface area contributed by atoms with Crippen LogP contribution in [0.15, 0.2) is 17.5 Å². The molecule has 2 rings (SSSR count). The molecule has 0 spiro atoms. The van der Waals surface area contributed by atoms with Crippen LogP contribution in [0.5, 0.6) is 0 Å². The Hall–Kier alpha value is -0.870. The largest absolute Gasteiger partial charge is 0.320 e. The van der Waals surface area contributed by atoms with Crippen LogP contribution >= 0.6 is 11.3 Å². The van der Waals surface area contributed by atoms with Crippen LogP contribution in [0.25, 0.3) is 0 Å². The Morgan fingerprint density at radius 3 is 2.48 bits per heavy atom. The van der Waals surface area contributed by atoms with Gasteiger partial charge in [-0.2, -0.15) is 0 Å². The minimum Gasteiger partial charge on any atom is -0.320 e. The monoisotopic (exact) mass is 308 g/mol. The Morgan fingerprint density at radius 2 is 2.00 bits per heavy atom. The van der Waals surface area contributed by atoms with Crippen molar-refractivity contribution in [3.63, 3.8) is 0 Å². The fourth-order valence-electron chi connectivity index (χ4n) is 2.56.